The molecule has 0 radical (unpaired) electrons. The molecule has 0 fully saturated rings. The highest BCUT2D eigenvalue weighted by Crippen LogP contribution is 2.32. The fourth-order valence-corrected chi connectivity index (χ4v) is 4.89. The van der Waals surface area contributed by atoms with Crippen LogP contribution in [0.2, 0.25) is 0 Å². The minimum atomic E-state index is -0.279. The number of carbonyl (C=O) groups is 1. The molecule has 0 atom stereocenters. The molecule has 0 aromatic heterocycles. The summed E-state index contributed by atoms with van der Waals surface area (Å²) in [5.74, 6) is -0.327. The second kappa shape index (κ2) is 9.03. The van der Waals surface area contributed by atoms with Crippen LogP contribution < -0.4 is 0 Å². The average Bonchev–Trinajstić information content (AvgIpc) is 3.27. The fraction of sp³-hybridized carbons (Fsp3) is 0.167. The zero-order valence-electron chi connectivity index (χ0n) is 18.7. The van der Waals surface area contributed by atoms with Crippen molar-refractivity contribution in [3.63, 3.8) is 0 Å². The van der Waals surface area contributed by atoms with Crippen LogP contribution in [0.25, 0.3) is 11.1 Å². The highest BCUT2D eigenvalue weighted by molar-refractivity contribution is 6.02. The number of hydrogen-bond acceptors (Lipinski definition) is 1. The van der Waals surface area contributed by atoms with E-state index in [4.69, 9.17) is 0 Å². The van der Waals surface area contributed by atoms with Gasteiger partial charge in [-0.2, -0.15) is 0 Å². The Morgan fingerprint density at radius 2 is 1.45 bits per heavy atom. The number of aryl methyl sites for hydroxylation is 1. The molecule has 1 amide bonds. The molecule has 0 bridgehead atoms. The van der Waals surface area contributed by atoms with E-state index in [1.165, 1.54) is 17.2 Å². The van der Waals surface area contributed by atoms with E-state index in [9.17, 15) is 9.18 Å². The summed E-state index contributed by atoms with van der Waals surface area (Å²) >= 11 is 0. The summed E-state index contributed by atoms with van der Waals surface area (Å²) in [5, 5.41) is 0. The van der Waals surface area contributed by atoms with Crippen molar-refractivity contribution in [3.05, 3.63) is 131 Å². The molecular weight excluding hydrogens is 409 g/mol. The van der Waals surface area contributed by atoms with Crippen LogP contribution in [0.1, 0.15) is 32.6 Å². The SMILES string of the molecule is Cc1cccc(-c2ccccc2)c1C(=O)N(Cc1ccccc1F)C1Cc2ccccc2C1. The maximum absolute atomic E-state index is 14.7. The Morgan fingerprint density at radius 3 is 2.15 bits per heavy atom. The van der Waals surface area contributed by atoms with Gasteiger partial charge >= 0.3 is 0 Å². The van der Waals surface area contributed by atoms with Gasteiger partial charge in [-0.05, 0) is 53.6 Å². The van der Waals surface area contributed by atoms with Crippen molar-refractivity contribution >= 4 is 5.91 Å². The van der Waals surface area contributed by atoms with Gasteiger partial charge in [0, 0.05) is 18.2 Å². The third kappa shape index (κ3) is 4.19. The predicted molar refractivity (Wildman–Crippen MR) is 131 cm³/mol. The third-order valence-electron chi connectivity index (χ3n) is 6.60. The number of carbonyl (C=O) groups excluding carboxylic acids is 1. The zero-order valence-corrected chi connectivity index (χ0v) is 18.7. The monoisotopic (exact) mass is 435 g/mol. The van der Waals surface area contributed by atoms with Crippen molar-refractivity contribution in [2.75, 3.05) is 0 Å². The standard InChI is InChI=1S/C30H26FNO/c1-21-10-9-16-27(22-11-3-2-4-12-22)29(21)30(33)32(20-25-15-7-8-17-28(25)31)26-18-23-13-5-6-14-24(23)19-26/h2-17,26H,18-20H2,1H3. The maximum atomic E-state index is 14.7. The Bertz CT molecular complexity index is 1270. The first-order valence-electron chi connectivity index (χ1n) is 11.4. The molecule has 2 nitrogen and oxygen atoms in total. The molecule has 1 aliphatic rings. The van der Waals surface area contributed by atoms with Crippen LogP contribution in [-0.4, -0.2) is 16.8 Å². The Kier molecular flexibility index (Phi) is 5.78. The summed E-state index contributed by atoms with van der Waals surface area (Å²) in [7, 11) is 0. The van der Waals surface area contributed by atoms with Gasteiger partial charge in [0.2, 0.25) is 0 Å². The number of halogens is 1. The summed E-state index contributed by atoms with van der Waals surface area (Å²) in [5.41, 5.74) is 6.60. The molecule has 0 N–H and O–H groups in total. The minimum Gasteiger partial charge on any atom is -0.331 e. The third-order valence-corrected chi connectivity index (χ3v) is 6.60. The molecular formula is C30H26FNO. The van der Waals surface area contributed by atoms with E-state index in [1.54, 1.807) is 12.1 Å². The summed E-state index contributed by atoms with van der Waals surface area (Å²) in [4.78, 5) is 16.1. The zero-order chi connectivity index (χ0) is 22.8. The molecule has 0 saturated heterocycles. The number of benzene rings is 4. The summed E-state index contributed by atoms with van der Waals surface area (Å²) in [6.07, 6.45) is 1.56. The van der Waals surface area contributed by atoms with E-state index < -0.39 is 0 Å². The van der Waals surface area contributed by atoms with Crippen LogP contribution >= 0.6 is 0 Å². The lowest BCUT2D eigenvalue weighted by Gasteiger charge is -2.31. The van der Waals surface area contributed by atoms with Crippen molar-refractivity contribution in [2.45, 2.75) is 32.4 Å². The summed E-state index contributed by atoms with van der Waals surface area (Å²) in [6, 6.07) is 31.0. The molecule has 0 spiro atoms. The van der Waals surface area contributed by atoms with Crippen molar-refractivity contribution in [1.29, 1.82) is 0 Å². The van der Waals surface area contributed by atoms with Gasteiger partial charge in [-0.1, -0.05) is 91.0 Å². The van der Waals surface area contributed by atoms with Crippen LogP contribution in [0, 0.1) is 12.7 Å². The van der Waals surface area contributed by atoms with Gasteiger partial charge in [-0.15, -0.1) is 0 Å². The topological polar surface area (TPSA) is 20.3 Å². The van der Waals surface area contributed by atoms with Crippen LogP contribution in [0.15, 0.2) is 97.1 Å². The molecule has 3 heteroatoms. The summed E-state index contributed by atoms with van der Waals surface area (Å²) < 4.78 is 14.7. The number of amides is 1. The van der Waals surface area contributed by atoms with Gasteiger partial charge in [-0.25, -0.2) is 4.39 Å². The summed E-state index contributed by atoms with van der Waals surface area (Å²) in [6.45, 7) is 2.22. The molecule has 0 saturated carbocycles. The first kappa shape index (κ1) is 21.1. The smallest absolute Gasteiger partial charge is 0.255 e. The molecule has 0 heterocycles. The van der Waals surface area contributed by atoms with Crippen molar-refractivity contribution in [2.24, 2.45) is 0 Å². The maximum Gasteiger partial charge on any atom is 0.255 e. The van der Waals surface area contributed by atoms with E-state index in [-0.39, 0.29) is 24.3 Å². The normalized spacial score (nSPS) is 13.0. The molecule has 5 rings (SSSR count). The molecule has 4 aromatic carbocycles. The largest absolute Gasteiger partial charge is 0.331 e. The van der Waals surface area contributed by atoms with Gasteiger partial charge < -0.3 is 4.90 Å². The predicted octanol–water partition coefficient (Wildman–Crippen LogP) is 6.61. The second-order valence-electron chi connectivity index (χ2n) is 8.72. The van der Waals surface area contributed by atoms with Crippen LogP contribution in [-0.2, 0) is 19.4 Å². The van der Waals surface area contributed by atoms with Gasteiger partial charge in [0.05, 0.1) is 5.56 Å². The Hall–Kier alpha value is -3.72. The van der Waals surface area contributed by atoms with Crippen LogP contribution in [0.4, 0.5) is 4.39 Å². The first-order valence-corrected chi connectivity index (χ1v) is 11.4. The van der Waals surface area contributed by atoms with Crippen LogP contribution in [0.3, 0.4) is 0 Å². The van der Waals surface area contributed by atoms with Gasteiger partial charge in [-0.3, -0.25) is 4.79 Å². The highest BCUT2D eigenvalue weighted by Gasteiger charge is 2.32. The van der Waals surface area contributed by atoms with E-state index in [2.05, 4.69) is 12.1 Å². The van der Waals surface area contributed by atoms with Gasteiger partial charge in [0.15, 0.2) is 0 Å². The fourth-order valence-electron chi connectivity index (χ4n) is 4.89. The highest BCUT2D eigenvalue weighted by atomic mass is 19.1. The van der Waals surface area contributed by atoms with E-state index in [1.807, 2.05) is 78.6 Å². The number of rotatable bonds is 5. The number of hydrogen-bond donors (Lipinski definition) is 0. The number of nitrogens with zero attached hydrogens (tertiary/aromatic N) is 1. The average molecular weight is 436 g/mol. The van der Waals surface area contributed by atoms with Gasteiger partial charge in [0.1, 0.15) is 5.82 Å². The quantitative estimate of drug-likeness (QED) is 0.345. The molecule has 1 aliphatic carbocycles. The van der Waals surface area contributed by atoms with E-state index >= 15 is 0 Å². The molecule has 0 unspecified atom stereocenters. The minimum absolute atomic E-state index is 0.0160. The Balaban J connectivity index is 1.58. The molecule has 4 aromatic rings. The lowest BCUT2D eigenvalue weighted by molar-refractivity contribution is 0.0666. The van der Waals surface area contributed by atoms with Crippen molar-refractivity contribution < 1.29 is 9.18 Å². The Morgan fingerprint density at radius 1 is 0.818 bits per heavy atom. The first-order chi connectivity index (χ1) is 16.1. The second-order valence-corrected chi connectivity index (χ2v) is 8.72. The van der Waals surface area contributed by atoms with E-state index in [0.29, 0.717) is 11.1 Å². The molecule has 0 aliphatic heterocycles. The van der Waals surface area contributed by atoms with Crippen molar-refractivity contribution in [1.82, 2.24) is 4.90 Å². The lowest BCUT2D eigenvalue weighted by atomic mass is 9.94. The van der Waals surface area contributed by atoms with E-state index in [0.717, 1.165) is 29.5 Å². The Labute approximate surface area is 194 Å². The van der Waals surface area contributed by atoms with Gasteiger partial charge in [0.25, 0.3) is 5.91 Å². The molecule has 33 heavy (non-hydrogen) atoms. The number of fused-ring (bicyclic) bond motifs is 1. The lowest BCUT2D eigenvalue weighted by Crippen LogP contribution is -2.41. The van der Waals surface area contributed by atoms with Crippen molar-refractivity contribution in [3.8, 4) is 11.1 Å². The van der Waals surface area contributed by atoms with Crippen LogP contribution in [0.5, 0.6) is 0 Å². The molecule has 164 valence electrons.